The van der Waals surface area contributed by atoms with Gasteiger partial charge in [0, 0.05) is 0 Å². The van der Waals surface area contributed by atoms with E-state index in [0.29, 0.717) is 5.56 Å². The van der Waals surface area contributed by atoms with Gasteiger partial charge in [-0.1, -0.05) is 6.42 Å². The molecule has 0 atom stereocenters. The molecule has 0 radical (unpaired) electrons. The first kappa shape index (κ1) is 10.5. The lowest BCUT2D eigenvalue weighted by Gasteiger charge is -2.25. The summed E-state index contributed by atoms with van der Waals surface area (Å²) in [6.07, 6.45) is 3.91. The van der Waals surface area contributed by atoms with Crippen LogP contribution in [0.25, 0.3) is 0 Å². The molecule has 1 aromatic carbocycles. The summed E-state index contributed by atoms with van der Waals surface area (Å²) in [5.74, 6) is 1.56. The zero-order chi connectivity index (χ0) is 10.7. The minimum Gasteiger partial charge on any atom is -0.492 e. The smallest absolute Gasteiger partial charge is 0.133 e. The Balaban J connectivity index is 1.98. The molecule has 3 heteroatoms. The monoisotopic (exact) mass is 265 g/mol. The van der Waals surface area contributed by atoms with Gasteiger partial charge in [-0.15, -0.1) is 0 Å². The summed E-state index contributed by atoms with van der Waals surface area (Å²) in [4.78, 5) is 0. The highest BCUT2D eigenvalue weighted by Gasteiger charge is 2.18. The van der Waals surface area contributed by atoms with Crippen LogP contribution in [0.5, 0.6) is 5.75 Å². The van der Waals surface area contributed by atoms with Crippen molar-refractivity contribution in [2.45, 2.75) is 19.3 Å². The lowest BCUT2D eigenvalue weighted by atomic mass is 9.86. The van der Waals surface area contributed by atoms with Crippen LogP contribution in [-0.2, 0) is 0 Å². The van der Waals surface area contributed by atoms with Gasteiger partial charge in [-0.3, -0.25) is 0 Å². The van der Waals surface area contributed by atoms with Crippen LogP contribution in [0.1, 0.15) is 24.8 Å². The van der Waals surface area contributed by atoms with E-state index in [0.717, 1.165) is 22.7 Å². The van der Waals surface area contributed by atoms with Gasteiger partial charge in [0.25, 0.3) is 0 Å². The van der Waals surface area contributed by atoms with Crippen molar-refractivity contribution in [1.29, 1.82) is 5.26 Å². The lowest BCUT2D eigenvalue weighted by Crippen LogP contribution is -2.19. The third kappa shape index (κ3) is 2.51. The molecule has 0 spiro atoms. The van der Waals surface area contributed by atoms with Gasteiger partial charge in [0.05, 0.1) is 22.7 Å². The Morgan fingerprint density at radius 3 is 2.80 bits per heavy atom. The average Bonchev–Trinajstić information content (AvgIpc) is 2.18. The zero-order valence-electron chi connectivity index (χ0n) is 8.37. The van der Waals surface area contributed by atoms with Crippen molar-refractivity contribution in [1.82, 2.24) is 0 Å². The van der Waals surface area contributed by atoms with Crippen LogP contribution in [0.15, 0.2) is 22.7 Å². The molecule has 1 saturated carbocycles. The maximum Gasteiger partial charge on any atom is 0.133 e. The highest BCUT2D eigenvalue weighted by molar-refractivity contribution is 9.10. The van der Waals surface area contributed by atoms with Gasteiger partial charge < -0.3 is 4.74 Å². The van der Waals surface area contributed by atoms with Crippen molar-refractivity contribution in [3.8, 4) is 11.8 Å². The summed E-state index contributed by atoms with van der Waals surface area (Å²) < 4.78 is 6.55. The largest absolute Gasteiger partial charge is 0.492 e. The zero-order valence-corrected chi connectivity index (χ0v) is 9.96. The molecule has 0 N–H and O–H groups in total. The van der Waals surface area contributed by atoms with Crippen molar-refractivity contribution in [2.24, 2.45) is 5.92 Å². The summed E-state index contributed by atoms with van der Waals surface area (Å²) >= 11 is 3.40. The Labute approximate surface area is 98.0 Å². The van der Waals surface area contributed by atoms with Crippen molar-refractivity contribution in [3.63, 3.8) is 0 Å². The Hall–Kier alpha value is -1.01. The summed E-state index contributed by atoms with van der Waals surface area (Å²) in [6.45, 7) is 0.796. The van der Waals surface area contributed by atoms with Gasteiger partial charge in [-0.2, -0.15) is 5.26 Å². The first-order valence-electron chi connectivity index (χ1n) is 5.12. The molecule has 1 fully saturated rings. The van der Waals surface area contributed by atoms with Crippen LogP contribution in [0, 0.1) is 17.2 Å². The van der Waals surface area contributed by atoms with E-state index < -0.39 is 0 Å². The number of ether oxygens (including phenoxy) is 1. The molecule has 0 aromatic heterocycles. The predicted octanol–water partition coefficient (Wildman–Crippen LogP) is 3.50. The summed E-state index contributed by atoms with van der Waals surface area (Å²) in [5, 5.41) is 8.71. The second-order valence-corrected chi connectivity index (χ2v) is 4.72. The van der Waals surface area contributed by atoms with Crippen molar-refractivity contribution >= 4 is 15.9 Å². The van der Waals surface area contributed by atoms with E-state index in [4.69, 9.17) is 10.00 Å². The van der Waals surface area contributed by atoms with E-state index in [1.54, 1.807) is 12.1 Å². The number of rotatable bonds is 3. The quantitative estimate of drug-likeness (QED) is 0.838. The van der Waals surface area contributed by atoms with E-state index in [2.05, 4.69) is 22.0 Å². The lowest BCUT2D eigenvalue weighted by molar-refractivity contribution is 0.180. The molecular formula is C12H12BrNO. The number of nitriles is 1. The van der Waals surface area contributed by atoms with Crippen molar-refractivity contribution < 1.29 is 4.74 Å². The van der Waals surface area contributed by atoms with Crippen LogP contribution < -0.4 is 4.74 Å². The third-order valence-corrected chi connectivity index (χ3v) is 3.38. The topological polar surface area (TPSA) is 33.0 Å². The Bertz CT molecular complexity index is 393. The predicted molar refractivity (Wildman–Crippen MR) is 61.7 cm³/mol. The first-order chi connectivity index (χ1) is 7.29. The van der Waals surface area contributed by atoms with Gasteiger partial charge in [0.1, 0.15) is 5.75 Å². The minimum absolute atomic E-state index is 0.651. The van der Waals surface area contributed by atoms with E-state index in [9.17, 15) is 0 Å². The molecule has 1 aliphatic carbocycles. The normalized spacial score (nSPS) is 15.5. The molecule has 0 unspecified atom stereocenters. The fraction of sp³-hybridized carbons (Fsp3) is 0.417. The maximum atomic E-state index is 8.71. The van der Waals surface area contributed by atoms with Crippen LogP contribution in [0.4, 0.5) is 0 Å². The molecule has 1 aliphatic rings. The summed E-state index contributed by atoms with van der Waals surface area (Å²) in [5.41, 5.74) is 0.651. The van der Waals surface area contributed by atoms with Crippen molar-refractivity contribution in [3.05, 3.63) is 28.2 Å². The van der Waals surface area contributed by atoms with Crippen LogP contribution in [0.3, 0.4) is 0 Å². The minimum atomic E-state index is 0.651. The second kappa shape index (κ2) is 4.67. The first-order valence-corrected chi connectivity index (χ1v) is 5.91. The van der Waals surface area contributed by atoms with Gasteiger partial charge >= 0.3 is 0 Å². The number of nitrogens with zero attached hydrogens (tertiary/aromatic N) is 1. The molecular weight excluding hydrogens is 254 g/mol. The van der Waals surface area contributed by atoms with E-state index in [1.807, 2.05) is 6.07 Å². The van der Waals surface area contributed by atoms with E-state index in [-0.39, 0.29) is 0 Å². The number of hydrogen-bond acceptors (Lipinski definition) is 2. The molecule has 0 bridgehead atoms. The van der Waals surface area contributed by atoms with E-state index >= 15 is 0 Å². The Kier molecular flexibility index (Phi) is 3.27. The molecule has 78 valence electrons. The third-order valence-electron chi connectivity index (χ3n) is 2.76. The molecule has 0 saturated heterocycles. The summed E-state index contributed by atoms with van der Waals surface area (Å²) in [7, 11) is 0. The number of halogens is 1. The molecule has 2 nitrogen and oxygen atoms in total. The van der Waals surface area contributed by atoms with Gasteiger partial charge in [-0.05, 0) is 52.9 Å². The molecule has 15 heavy (non-hydrogen) atoms. The Morgan fingerprint density at radius 2 is 2.27 bits per heavy atom. The van der Waals surface area contributed by atoms with Crippen LogP contribution >= 0.6 is 15.9 Å². The molecule has 1 aromatic rings. The number of benzene rings is 1. The van der Waals surface area contributed by atoms with Gasteiger partial charge in [0.2, 0.25) is 0 Å². The van der Waals surface area contributed by atoms with E-state index in [1.165, 1.54) is 19.3 Å². The maximum absolute atomic E-state index is 8.71. The van der Waals surface area contributed by atoms with Crippen LogP contribution in [-0.4, -0.2) is 6.61 Å². The van der Waals surface area contributed by atoms with Crippen molar-refractivity contribution in [2.75, 3.05) is 6.61 Å². The number of hydrogen-bond donors (Lipinski definition) is 0. The average molecular weight is 266 g/mol. The molecule has 2 rings (SSSR count). The summed E-state index contributed by atoms with van der Waals surface area (Å²) in [6, 6.07) is 7.51. The molecule has 0 heterocycles. The molecule has 0 aliphatic heterocycles. The van der Waals surface area contributed by atoms with Gasteiger partial charge in [0.15, 0.2) is 0 Å². The highest BCUT2D eigenvalue weighted by atomic mass is 79.9. The van der Waals surface area contributed by atoms with Crippen LogP contribution in [0.2, 0.25) is 0 Å². The molecule has 0 amide bonds. The second-order valence-electron chi connectivity index (χ2n) is 3.86. The highest BCUT2D eigenvalue weighted by Crippen LogP contribution is 2.30. The SMILES string of the molecule is N#Cc1ccc(OCC2CCC2)c(Br)c1. The fourth-order valence-corrected chi connectivity index (χ4v) is 2.05. The standard InChI is InChI=1S/C12H12BrNO/c13-11-6-10(7-14)4-5-12(11)15-8-9-2-1-3-9/h4-6,9H,1-3,8H2. The Morgan fingerprint density at radius 1 is 1.47 bits per heavy atom. The van der Waals surface area contributed by atoms with Gasteiger partial charge in [-0.25, -0.2) is 0 Å². The fourth-order valence-electron chi connectivity index (χ4n) is 1.55.